The molecule has 0 bridgehead atoms. The Labute approximate surface area is 178 Å². The summed E-state index contributed by atoms with van der Waals surface area (Å²) in [6.45, 7) is 5.32. The third-order valence-corrected chi connectivity index (χ3v) is 6.29. The smallest absolute Gasteiger partial charge is 0.191 e. The van der Waals surface area contributed by atoms with E-state index in [1.807, 2.05) is 37.3 Å². The van der Waals surface area contributed by atoms with Gasteiger partial charge in [0.2, 0.25) is 0 Å². The van der Waals surface area contributed by atoms with Crippen LogP contribution in [0, 0.1) is 13.8 Å². The summed E-state index contributed by atoms with van der Waals surface area (Å²) in [6.07, 6.45) is 0. The number of thiazole rings is 1. The first-order valence-corrected chi connectivity index (χ1v) is 11.2. The monoisotopic (exact) mass is 422 g/mol. The van der Waals surface area contributed by atoms with E-state index in [0.29, 0.717) is 6.61 Å². The second kappa shape index (κ2) is 9.24. The minimum Gasteiger partial charge on any atom is -0.486 e. The summed E-state index contributed by atoms with van der Waals surface area (Å²) < 4.78 is 7.97. The van der Waals surface area contributed by atoms with Crippen molar-refractivity contribution < 1.29 is 4.74 Å². The zero-order chi connectivity index (χ0) is 20.1. The summed E-state index contributed by atoms with van der Waals surface area (Å²) in [5.41, 5.74) is 3.50. The van der Waals surface area contributed by atoms with E-state index < -0.39 is 0 Å². The molecule has 4 aromatic rings. The number of aryl methyl sites for hydroxylation is 2. The molecule has 0 spiro atoms. The number of hydrogen-bond donors (Lipinski definition) is 0. The van der Waals surface area contributed by atoms with Crippen LogP contribution in [-0.4, -0.2) is 19.7 Å². The molecule has 0 aliphatic rings. The quantitative estimate of drug-likeness (QED) is 0.362. The van der Waals surface area contributed by atoms with Gasteiger partial charge in [0.1, 0.15) is 23.2 Å². The molecule has 29 heavy (non-hydrogen) atoms. The summed E-state index contributed by atoms with van der Waals surface area (Å²) >= 11 is 3.29. The van der Waals surface area contributed by atoms with Crippen molar-refractivity contribution in [1.82, 2.24) is 19.7 Å². The third-order valence-electron chi connectivity index (χ3n) is 4.42. The lowest BCUT2D eigenvalue weighted by Gasteiger charge is -2.08. The van der Waals surface area contributed by atoms with Gasteiger partial charge in [0.15, 0.2) is 5.16 Å². The van der Waals surface area contributed by atoms with Gasteiger partial charge in [-0.15, -0.1) is 21.5 Å². The Hall–Kier alpha value is -2.64. The largest absolute Gasteiger partial charge is 0.486 e. The molecule has 7 heteroatoms. The highest BCUT2D eigenvalue weighted by atomic mass is 32.2. The van der Waals surface area contributed by atoms with Gasteiger partial charge in [0, 0.05) is 11.1 Å². The Morgan fingerprint density at radius 1 is 1.00 bits per heavy atom. The Bertz CT molecular complexity index is 1060. The third kappa shape index (κ3) is 5.25. The highest BCUT2D eigenvalue weighted by Crippen LogP contribution is 2.24. The minimum atomic E-state index is 0.488. The number of thioether (sulfide) groups is 1. The minimum absolute atomic E-state index is 0.488. The molecule has 0 radical (unpaired) electrons. The summed E-state index contributed by atoms with van der Waals surface area (Å²) in [7, 11) is 0. The molecule has 0 aliphatic heterocycles. The summed E-state index contributed by atoms with van der Waals surface area (Å²) in [5, 5.41) is 12.6. The lowest BCUT2D eigenvalue weighted by atomic mass is 10.2. The summed E-state index contributed by atoms with van der Waals surface area (Å²) in [4.78, 5) is 4.69. The predicted molar refractivity (Wildman–Crippen MR) is 117 cm³/mol. The van der Waals surface area contributed by atoms with Crippen LogP contribution in [0.4, 0.5) is 0 Å². The van der Waals surface area contributed by atoms with Gasteiger partial charge in [0.05, 0.1) is 12.2 Å². The molecule has 2 heterocycles. The van der Waals surface area contributed by atoms with Gasteiger partial charge in [-0.3, -0.25) is 0 Å². The van der Waals surface area contributed by atoms with Gasteiger partial charge in [-0.2, -0.15) is 0 Å². The fraction of sp³-hybridized carbons (Fsp3) is 0.227. The zero-order valence-corrected chi connectivity index (χ0v) is 18.0. The number of ether oxygens (including phenoxy) is 1. The van der Waals surface area contributed by atoms with Crippen molar-refractivity contribution in [3.05, 3.63) is 87.6 Å². The van der Waals surface area contributed by atoms with E-state index in [4.69, 9.17) is 9.72 Å². The van der Waals surface area contributed by atoms with Crippen LogP contribution in [0.5, 0.6) is 5.75 Å². The van der Waals surface area contributed by atoms with E-state index >= 15 is 0 Å². The number of hydrogen-bond acceptors (Lipinski definition) is 6. The average molecular weight is 423 g/mol. The maximum Gasteiger partial charge on any atom is 0.191 e. The first-order valence-electron chi connectivity index (χ1n) is 9.36. The second-order valence-electron chi connectivity index (χ2n) is 6.72. The molecule has 148 valence electrons. The molecule has 0 saturated heterocycles. The lowest BCUT2D eigenvalue weighted by Crippen LogP contribution is -2.04. The summed E-state index contributed by atoms with van der Waals surface area (Å²) in [5.74, 6) is 2.54. The Morgan fingerprint density at radius 3 is 2.59 bits per heavy atom. The van der Waals surface area contributed by atoms with Crippen molar-refractivity contribution in [1.29, 1.82) is 0 Å². The van der Waals surface area contributed by atoms with Crippen LogP contribution in [0.1, 0.15) is 27.7 Å². The van der Waals surface area contributed by atoms with Crippen LogP contribution in [0.3, 0.4) is 0 Å². The number of aromatic nitrogens is 4. The standard InChI is InChI=1S/C22H22N4OS2/c1-16-8-10-20(11-9-16)27-13-21-23-19(14-28-21)15-29-22-25-24-17(2)26(22)12-18-6-4-3-5-7-18/h3-11,14H,12-13,15H2,1-2H3. The maximum absolute atomic E-state index is 5.83. The van der Waals surface area contributed by atoms with Crippen LogP contribution in [0.2, 0.25) is 0 Å². The van der Waals surface area contributed by atoms with Crippen molar-refractivity contribution in [2.75, 3.05) is 0 Å². The molecule has 0 saturated carbocycles. The Morgan fingerprint density at radius 2 is 1.79 bits per heavy atom. The average Bonchev–Trinajstić information content (AvgIpc) is 3.34. The molecule has 0 fully saturated rings. The first-order chi connectivity index (χ1) is 14.2. The van der Waals surface area contributed by atoms with E-state index in [1.54, 1.807) is 23.1 Å². The van der Waals surface area contributed by atoms with E-state index in [1.165, 1.54) is 11.1 Å². The topological polar surface area (TPSA) is 52.8 Å². The zero-order valence-electron chi connectivity index (χ0n) is 16.4. The van der Waals surface area contributed by atoms with E-state index in [9.17, 15) is 0 Å². The summed E-state index contributed by atoms with van der Waals surface area (Å²) in [6, 6.07) is 18.4. The van der Waals surface area contributed by atoms with Crippen molar-refractivity contribution >= 4 is 23.1 Å². The van der Waals surface area contributed by atoms with Gasteiger partial charge >= 0.3 is 0 Å². The first kappa shape index (κ1) is 19.7. The maximum atomic E-state index is 5.83. The molecule has 5 nitrogen and oxygen atoms in total. The molecule has 0 N–H and O–H groups in total. The molecule has 2 aromatic carbocycles. The highest BCUT2D eigenvalue weighted by Gasteiger charge is 2.12. The predicted octanol–water partition coefficient (Wildman–Crippen LogP) is 5.27. The van der Waals surface area contributed by atoms with E-state index in [-0.39, 0.29) is 0 Å². The highest BCUT2D eigenvalue weighted by molar-refractivity contribution is 7.98. The van der Waals surface area contributed by atoms with Gasteiger partial charge in [-0.05, 0) is 31.5 Å². The van der Waals surface area contributed by atoms with Crippen molar-refractivity contribution in [3.63, 3.8) is 0 Å². The van der Waals surface area contributed by atoms with Gasteiger partial charge in [0.25, 0.3) is 0 Å². The van der Waals surface area contributed by atoms with Crippen molar-refractivity contribution in [2.24, 2.45) is 0 Å². The molecule has 0 atom stereocenters. The Kier molecular flexibility index (Phi) is 6.27. The molecule has 0 unspecified atom stereocenters. The molecule has 2 aromatic heterocycles. The van der Waals surface area contributed by atoms with Crippen LogP contribution in [0.15, 0.2) is 65.1 Å². The van der Waals surface area contributed by atoms with Gasteiger partial charge in [-0.25, -0.2) is 4.98 Å². The molecular formula is C22H22N4OS2. The second-order valence-corrected chi connectivity index (χ2v) is 8.61. The SMILES string of the molecule is Cc1ccc(OCc2nc(CSc3nnc(C)n3Cc3ccccc3)cs2)cc1. The van der Waals surface area contributed by atoms with E-state index in [2.05, 4.69) is 51.3 Å². The molecule has 0 aliphatic carbocycles. The van der Waals surface area contributed by atoms with Crippen LogP contribution < -0.4 is 4.74 Å². The van der Waals surface area contributed by atoms with Gasteiger partial charge in [-0.1, -0.05) is 59.8 Å². The molecule has 0 amide bonds. The fourth-order valence-electron chi connectivity index (χ4n) is 2.82. The number of nitrogens with zero attached hydrogens (tertiary/aromatic N) is 4. The Balaban J connectivity index is 1.35. The normalized spacial score (nSPS) is 11.0. The lowest BCUT2D eigenvalue weighted by molar-refractivity contribution is 0.305. The van der Waals surface area contributed by atoms with Crippen molar-refractivity contribution in [3.8, 4) is 5.75 Å². The fourth-order valence-corrected chi connectivity index (χ4v) is 4.50. The number of benzene rings is 2. The van der Waals surface area contributed by atoms with Crippen LogP contribution in [-0.2, 0) is 18.9 Å². The van der Waals surface area contributed by atoms with Crippen molar-refractivity contribution in [2.45, 2.75) is 37.9 Å². The molecule has 4 rings (SSSR count). The van der Waals surface area contributed by atoms with Gasteiger partial charge < -0.3 is 9.30 Å². The van der Waals surface area contributed by atoms with E-state index in [0.717, 1.165) is 39.7 Å². The number of rotatable bonds is 8. The molecular weight excluding hydrogens is 400 g/mol. The van der Waals surface area contributed by atoms with Crippen LogP contribution in [0.25, 0.3) is 0 Å². The van der Waals surface area contributed by atoms with Crippen LogP contribution >= 0.6 is 23.1 Å².